The number of likely N-dealkylation sites (tertiary alicyclic amines) is 1. The molecule has 0 aromatic heterocycles. The lowest BCUT2D eigenvalue weighted by Gasteiger charge is -2.39. The zero-order valence-electron chi connectivity index (χ0n) is 13.3. The molecule has 2 rings (SSSR count). The Morgan fingerprint density at radius 1 is 1.15 bits per heavy atom. The first kappa shape index (κ1) is 15.5. The van der Waals surface area contributed by atoms with Crippen molar-refractivity contribution in [2.45, 2.75) is 46.1 Å². The van der Waals surface area contributed by atoms with E-state index in [1.807, 2.05) is 6.07 Å². The Morgan fingerprint density at radius 3 is 2.30 bits per heavy atom. The maximum atomic E-state index is 6.28. The van der Waals surface area contributed by atoms with Gasteiger partial charge in [0.05, 0.1) is 0 Å². The molecule has 1 fully saturated rings. The first-order valence-electron chi connectivity index (χ1n) is 7.99. The fourth-order valence-corrected chi connectivity index (χ4v) is 3.21. The zero-order valence-corrected chi connectivity index (χ0v) is 13.3. The first-order chi connectivity index (χ1) is 9.47. The number of rotatable bonds is 4. The number of piperidine rings is 1. The van der Waals surface area contributed by atoms with Crippen LogP contribution in [0.5, 0.6) is 0 Å². The summed E-state index contributed by atoms with van der Waals surface area (Å²) in [6, 6.07) is 10.6. The number of nitrogens with zero attached hydrogens (tertiary/aromatic N) is 1. The van der Waals surface area contributed by atoms with Gasteiger partial charge in [0, 0.05) is 6.04 Å². The first-order valence-corrected chi connectivity index (χ1v) is 7.99. The third-order valence-electron chi connectivity index (χ3n) is 4.80. The quantitative estimate of drug-likeness (QED) is 0.904. The zero-order chi connectivity index (χ0) is 14.6. The Bertz CT molecular complexity index is 386. The van der Waals surface area contributed by atoms with Gasteiger partial charge < -0.3 is 10.6 Å². The van der Waals surface area contributed by atoms with Crippen molar-refractivity contribution in [3.63, 3.8) is 0 Å². The van der Waals surface area contributed by atoms with E-state index >= 15 is 0 Å². The largest absolute Gasteiger partial charge is 0.324 e. The maximum Gasteiger partial charge on any atom is 0.0307 e. The van der Waals surface area contributed by atoms with Gasteiger partial charge in [0.2, 0.25) is 0 Å². The van der Waals surface area contributed by atoms with Crippen LogP contribution in [0.1, 0.15) is 51.6 Å². The van der Waals surface area contributed by atoms with Crippen LogP contribution in [0.4, 0.5) is 0 Å². The smallest absolute Gasteiger partial charge is 0.0307 e. The van der Waals surface area contributed by atoms with Gasteiger partial charge in [0.25, 0.3) is 0 Å². The summed E-state index contributed by atoms with van der Waals surface area (Å²) in [5.74, 6) is 0.876. The summed E-state index contributed by atoms with van der Waals surface area (Å²) in [6.45, 7) is 10.7. The standard InChI is InChI=1S/C18H30N2/c1-18(2,3)16-9-12-20(13-10-16)14-11-17(19)15-7-5-4-6-8-15/h4-8,16-17H,9-14,19H2,1-3H3. The highest BCUT2D eigenvalue weighted by molar-refractivity contribution is 5.18. The van der Waals surface area contributed by atoms with E-state index in [0.29, 0.717) is 5.41 Å². The van der Waals surface area contributed by atoms with Crippen molar-refractivity contribution < 1.29 is 0 Å². The molecule has 2 N–H and O–H groups in total. The topological polar surface area (TPSA) is 29.3 Å². The van der Waals surface area contributed by atoms with E-state index in [4.69, 9.17) is 5.73 Å². The van der Waals surface area contributed by atoms with Crippen LogP contribution in [0, 0.1) is 11.3 Å². The predicted molar refractivity (Wildman–Crippen MR) is 86.6 cm³/mol. The van der Waals surface area contributed by atoms with Crippen LogP contribution in [0.3, 0.4) is 0 Å². The van der Waals surface area contributed by atoms with Crippen molar-refractivity contribution in [2.75, 3.05) is 19.6 Å². The summed E-state index contributed by atoms with van der Waals surface area (Å²) in [5, 5.41) is 0. The van der Waals surface area contributed by atoms with Gasteiger partial charge in [0.1, 0.15) is 0 Å². The van der Waals surface area contributed by atoms with E-state index in [1.54, 1.807) is 0 Å². The van der Waals surface area contributed by atoms with E-state index in [2.05, 4.69) is 49.9 Å². The molecule has 0 radical (unpaired) electrons. The molecule has 20 heavy (non-hydrogen) atoms. The van der Waals surface area contributed by atoms with Crippen LogP contribution >= 0.6 is 0 Å². The van der Waals surface area contributed by atoms with Gasteiger partial charge in [-0.3, -0.25) is 0 Å². The second-order valence-electron chi connectivity index (χ2n) is 7.29. The molecular weight excluding hydrogens is 244 g/mol. The third-order valence-corrected chi connectivity index (χ3v) is 4.80. The highest BCUT2D eigenvalue weighted by Gasteiger charge is 2.28. The van der Waals surface area contributed by atoms with Gasteiger partial charge >= 0.3 is 0 Å². The number of hydrogen-bond acceptors (Lipinski definition) is 2. The Kier molecular flexibility index (Phi) is 5.22. The van der Waals surface area contributed by atoms with Crippen LogP contribution < -0.4 is 5.73 Å². The van der Waals surface area contributed by atoms with Gasteiger partial charge in [-0.15, -0.1) is 0 Å². The molecule has 1 aromatic rings. The van der Waals surface area contributed by atoms with E-state index in [0.717, 1.165) is 18.9 Å². The molecule has 1 unspecified atom stereocenters. The Balaban J connectivity index is 1.74. The normalized spacial score (nSPS) is 20.0. The summed E-state index contributed by atoms with van der Waals surface area (Å²) < 4.78 is 0. The fourth-order valence-electron chi connectivity index (χ4n) is 3.21. The fraction of sp³-hybridized carbons (Fsp3) is 0.667. The van der Waals surface area contributed by atoms with Crippen LogP contribution in [0.25, 0.3) is 0 Å². The average molecular weight is 274 g/mol. The minimum Gasteiger partial charge on any atom is -0.324 e. The van der Waals surface area contributed by atoms with Crippen LogP contribution in [0.2, 0.25) is 0 Å². The second kappa shape index (κ2) is 6.73. The molecule has 1 aromatic carbocycles. The molecule has 1 saturated heterocycles. The summed E-state index contributed by atoms with van der Waals surface area (Å²) >= 11 is 0. The number of hydrogen-bond donors (Lipinski definition) is 1. The molecule has 0 aliphatic carbocycles. The van der Waals surface area contributed by atoms with Crippen molar-refractivity contribution in [1.29, 1.82) is 0 Å². The van der Waals surface area contributed by atoms with Crippen molar-refractivity contribution in [2.24, 2.45) is 17.1 Å². The van der Waals surface area contributed by atoms with Gasteiger partial charge in [-0.25, -0.2) is 0 Å². The Morgan fingerprint density at radius 2 is 1.75 bits per heavy atom. The lowest BCUT2D eigenvalue weighted by molar-refractivity contribution is 0.110. The van der Waals surface area contributed by atoms with Crippen molar-refractivity contribution >= 4 is 0 Å². The third kappa shape index (κ3) is 4.32. The van der Waals surface area contributed by atoms with E-state index in [1.165, 1.54) is 31.5 Å². The summed E-state index contributed by atoms with van der Waals surface area (Å²) in [7, 11) is 0. The molecule has 1 atom stereocenters. The van der Waals surface area contributed by atoms with E-state index < -0.39 is 0 Å². The molecule has 1 heterocycles. The summed E-state index contributed by atoms with van der Waals surface area (Å²) in [4.78, 5) is 2.59. The van der Waals surface area contributed by atoms with Gasteiger partial charge in [0.15, 0.2) is 0 Å². The lowest BCUT2D eigenvalue weighted by Crippen LogP contribution is -2.39. The average Bonchev–Trinajstić information content (AvgIpc) is 2.45. The molecule has 1 aliphatic heterocycles. The molecule has 0 spiro atoms. The van der Waals surface area contributed by atoms with Crippen LogP contribution in [-0.2, 0) is 0 Å². The highest BCUT2D eigenvalue weighted by atomic mass is 15.1. The Hall–Kier alpha value is -0.860. The molecule has 0 amide bonds. The predicted octanol–water partition coefficient (Wildman–Crippen LogP) is 3.83. The maximum absolute atomic E-state index is 6.28. The van der Waals surface area contributed by atoms with Crippen LogP contribution in [0.15, 0.2) is 30.3 Å². The lowest BCUT2D eigenvalue weighted by atomic mass is 9.75. The minimum absolute atomic E-state index is 0.177. The monoisotopic (exact) mass is 274 g/mol. The van der Waals surface area contributed by atoms with E-state index in [9.17, 15) is 0 Å². The minimum atomic E-state index is 0.177. The SMILES string of the molecule is CC(C)(C)C1CCN(CCC(N)c2ccccc2)CC1. The van der Waals surface area contributed by atoms with E-state index in [-0.39, 0.29) is 6.04 Å². The number of nitrogens with two attached hydrogens (primary N) is 1. The summed E-state index contributed by atoms with van der Waals surface area (Å²) in [5.41, 5.74) is 8.01. The Labute approximate surface area is 124 Å². The molecule has 2 heteroatoms. The molecule has 1 aliphatic rings. The highest BCUT2D eigenvalue weighted by Crippen LogP contribution is 2.34. The van der Waals surface area contributed by atoms with Gasteiger partial charge in [-0.2, -0.15) is 0 Å². The second-order valence-corrected chi connectivity index (χ2v) is 7.29. The summed E-state index contributed by atoms with van der Waals surface area (Å²) in [6.07, 6.45) is 3.73. The molecule has 0 saturated carbocycles. The molecule has 112 valence electrons. The van der Waals surface area contributed by atoms with Crippen LogP contribution in [-0.4, -0.2) is 24.5 Å². The van der Waals surface area contributed by atoms with Crippen molar-refractivity contribution in [3.05, 3.63) is 35.9 Å². The van der Waals surface area contributed by atoms with Gasteiger partial charge in [-0.1, -0.05) is 51.1 Å². The molecule has 2 nitrogen and oxygen atoms in total. The van der Waals surface area contributed by atoms with Crippen molar-refractivity contribution in [1.82, 2.24) is 4.90 Å². The van der Waals surface area contributed by atoms with Crippen molar-refractivity contribution in [3.8, 4) is 0 Å². The van der Waals surface area contributed by atoms with Gasteiger partial charge in [-0.05, 0) is 55.8 Å². The number of benzene rings is 1. The molecular formula is C18H30N2. The molecule has 0 bridgehead atoms.